The first-order valence-electron chi connectivity index (χ1n) is 8.94. The molecule has 0 aliphatic heterocycles. The molecule has 29 heavy (non-hydrogen) atoms. The highest BCUT2D eigenvalue weighted by Gasteiger charge is 2.19. The third-order valence-corrected chi connectivity index (χ3v) is 5.04. The maximum Gasteiger partial charge on any atom is 0.508 e. The number of ether oxygens (including phenoxy) is 3. The van der Waals surface area contributed by atoms with Crippen molar-refractivity contribution in [1.29, 1.82) is 0 Å². The Balaban J connectivity index is 1.67. The number of carbonyl (C=O) groups excluding carboxylic acids is 1. The summed E-state index contributed by atoms with van der Waals surface area (Å²) in [5.41, 5.74) is 1.03. The molecule has 3 rings (SSSR count). The summed E-state index contributed by atoms with van der Waals surface area (Å²) in [6.45, 7) is -0.282. The van der Waals surface area contributed by atoms with Gasteiger partial charge in [0.05, 0.1) is 0 Å². The molecule has 0 fully saturated rings. The molecular formula is C21H21NO6S. The van der Waals surface area contributed by atoms with Crippen LogP contribution in [0.1, 0.15) is 18.1 Å². The molecule has 3 aromatic rings. The summed E-state index contributed by atoms with van der Waals surface area (Å²) in [6.07, 6.45) is -1.88. The van der Waals surface area contributed by atoms with Gasteiger partial charge in [0.15, 0.2) is 0 Å². The van der Waals surface area contributed by atoms with Crippen LogP contribution in [-0.2, 0) is 9.47 Å². The molecule has 0 radical (unpaired) electrons. The van der Waals surface area contributed by atoms with Crippen LogP contribution in [0.3, 0.4) is 0 Å². The van der Waals surface area contributed by atoms with Crippen LogP contribution in [0.25, 0.3) is 10.8 Å². The molecular weight excluding hydrogens is 394 g/mol. The summed E-state index contributed by atoms with van der Waals surface area (Å²) >= 11 is 1.58. The Hall–Kier alpha value is -3.26. The Morgan fingerprint density at radius 3 is 2.66 bits per heavy atom. The summed E-state index contributed by atoms with van der Waals surface area (Å²) in [5.74, 6) is 0.777. The maximum atomic E-state index is 11.9. The first-order chi connectivity index (χ1) is 14.0. The van der Waals surface area contributed by atoms with Gasteiger partial charge in [0.2, 0.25) is 6.79 Å². The minimum Gasteiger partial charge on any atom is -0.485 e. The second kappa shape index (κ2) is 9.79. The predicted molar refractivity (Wildman–Crippen MR) is 109 cm³/mol. The average molecular weight is 415 g/mol. The Bertz CT molecular complexity index is 953. The van der Waals surface area contributed by atoms with Crippen molar-refractivity contribution in [2.24, 2.45) is 0 Å². The zero-order valence-corrected chi connectivity index (χ0v) is 16.6. The van der Waals surface area contributed by atoms with E-state index in [0.717, 1.165) is 22.1 Å². The zero-order chi connectivity index (χ0) is 20.6. The van der Waals surface area contributed by atoms with Crippen molar-refractivity contribution in [3.05, 3.63) is 64.9 Å². The molecule has 0 saturated heterocycles. The van der Waals surface area contributed by atoms with Crippen molar-refractivity contribution in [2.75, 3.05) is 20.4 Å². The van der Waals surface area contributed by atoms with Gasteiger partial charge in [-0.2, -0.15) is 11.3 Å². The van der Waals surface area contributed by atoms with Crippen molar-refractivity contribution in [1.82, 2.24) is 4.90 Å². The molecule has 0 aliphatic rings. The molecule has 1 aromatic heterocycles. The van der Waals surface area contributed by atoms with Crippen molar-refractivity contribution in [3.63, 3.8) is 0 Å². The van der Waals surface area contributed by atoms with Gasteiger partial charge < -0.3 is 24.2 Å². The number of rotatable bonds is 8. The van der Waals surface area contributed by atoms with Crippen molar-refractivity contribution < 1.29 is 28.9 Å². The zero-order valence-electron chi connectivity index (χ0n) is 15.8. The van der Waals surface area contributed by atoms with Crippen molar-refractivity contribution >= 4 is 34.4 Å². The SMILES string of the molecule is CN(CCC(Oc1cccc2ccccc12)c1ccsc1)C(=O)OCOC(=O)O. The minimum atomic E-state index is -1.50. The number of carboxylic acid groups (broad SMARTS) is 1. The molecule has 1 unspecified atom stereocenters. The van der Waals surface area contributed by atoms with E-state index in [2.05, 4.69) is 4.74 Å². The van der Waals surface area contributed by atoms with E-state index in [4.69, 9.17) is 14.6 Å². The highest BCUT2D eigenvalue weighted by Crippen LogP contribution is 2.32. The maximum absolute atomic E-state index is 11.9. The molecule has 2 aromatic carbocycles. The van der Waals surface area contributed by atoms with Crippen LogP contribution < -0.4 is 4.74 Å². The monoisotopic (exact) mass is 415 g/mol. The summed E-state index contributed by atoms with van der Waals surface area (Å²) in [5, 5.41) is 14.5. The fourth-order valence-electron chi connectivity index (χ4n) is 2.85. The summed E-state index contributed by atoms with van der Waals surface area (Å²) < 4.78 is 15.3. The smallest absolute Gasteiger partial charge is 0.485 e. The van der Waals surface area contributed by atoms with Gasteiger partial charge in [-0.05, 0) is 28.3 Å². The lowest BCUT2D eigenvalue weighted by Crippen LogP contribution is -2.30. The summed E-state index contributed by atoms with van der Waals surface area (Å²) in [6, 6.07) is 15.9. The lowest BCUT2D eigenvalue weighted by atomic mass is 10.1. The Morgan fingerprint density at radius 2 is 1.90 bits per heavy atom. The predicted octanol–water partition coefficient (Wildman–Crippen LogP) is 5.13. The minimum absolute atomic E-state index is 0.252. The fourth-order valence-corrected chi connectivity index (χ4v) is 3.55. The van der Waals surface area contributed by atoms with Crippen LogP contribution in [0.4, 0.5) is 9.59 Å². The van der Waals surface area contributed by atoms with E-state index in [0.29, 0.717) is 13.0 Å². The van der Waals surface area contributed by atoms with Gasteiger partial charge in [-0.15, -0.1) is 0 Å². The molecule has 152 valence electrons. The first-order valence-corrected chi connectivity index (χ1v) is 9.89. The number of nitrogens with zero attached hydrogens (tertiary/aromatic N) is 1. The van der Waals surface area contributed by atoms with E-state index in [1.165, 1.54) is 4.90 Å². The van der Waals surface area contributed by atoms with Crippen LogP contribution in [-0.4, -0.2) is 42.6 Å². The number of fused-ring (bicyclic) bond motifs is 1. The highest BCUT2D eigenvalue weighted by molar-refractivity contribution is 7.07. The summed E-state index contributed by atoms with van der Waals surface area (Å²) in [7, 11) is 1.58. The quantitative estimate of drug-likeness (QED) is 0.405. The standard InChI is InChI=1S/C21H21NO6S/c1-22(20(23)26-14-27-21(24)25)11-9-18(16-10-12-29-13-16)28-19-8-4-6-15-5-2-3-7-17(15)19/h2-8,10,12-13,18H,9,11,14H2,1H3,(H,24,25). The van der Waals surface area contributed by atoms with Gasteiger partial charge in [-0.25, -0.2) is 9.59 Å². The number of thiophene rings is 1. The van der Waals surface area contributed by atoms with Crippen molar-refractivity contribution in [2.45, 2.75) is 12.5 Å². The number of benzene rings is 2. The molecule has 1 amide bonds. The van der Waals surface area contributed by atoms with Gasteiger partial charge in [-0.1, -0.05) is 36.4 Å². The van der Waals surface area contributed by atoms with E-state index in [-0.39, 0.29) is 6.10 Å². The molecule has 0 saturated carbocycles. The topological polar surface area (TPSA) is 85.3 Å². The average Bonchev–Trinajstić information content (AvgIpc) is 3.25. The summed E-state index contributed by atoms with van der Waals surface area (Å²) in [4.78, 5) is 23.6. The lowest BCUT2D eigenvalue weighted by molar-refractivity contribution is -0.00970. The highest BCUT2D eigenvalue weighted by atomic mass is 32.1. The molecule has 8 heteroatoms. The Labute approximate surface area is 172 Å². The Morgan fingerprint density at radius 1 is 1.10 bits per heavy atom. The molecule has 1 N–H and O–H groups in total. The van der Waals surface area contributed by atoms with Crippen LogP contribution >= 0.6 is 11.3 Å². The van der Waals surface area contributed by atoms with E-state index >= 15 is 0 Å². The van der Waals surface area contributed by atoms with Gasteiger partial charge >= 0.3 is 12.2 Å². The van der Waals surface area contributed by atoms with Crippen molar-refractivity contribution in [3.8, 4) is 5.75 Å². The van der Waals surface area contributed by atoms with E-state index in [1.807, 2.05) is 59.3 Å². The number of hydrogen-bond donors (Lipinski definition) is 1. The third kappa shape index (κ3) is 5.61. The fraction of sp³-hybridized carbons (Fsp3) is 0.238. The van der Waals surface area contributed by atoms with Crippen LogP contribution in [0.15, 0.2) is 59.3 Å². The molecule has 0 bridgehead atoms. The van der Waals surface area contributed by atoms with Gasteiger partial charge in [0.1, 0.15) is 11.9 Å². The van der Waals surface area contributed by atoms with E-state index < -0.39 is 19.0 Å². The number of amides is 1. The van der Waals surface area contributed by atoms with Gasteiger partial charge in [-0.3, -0.25) is 0 Å². The molecule has 7 nitrogen and oxygen atoms in total. The third-order valence-electron chi connectivity index (χ3n) is 4.34. The molecule has 0 aliphatic carbocycles. The van der Waals surface area contributed by atoms with E-state index in [1.54, 1.807) is 18.4 Å². The largest absolute Gasteiger partial charge is 0.508 e. The lowest BCUT2D eigenvalue weighted by Gasteiger charge is -2.23. The molecule has 1 atom stereocenters. The van der Waals surface area contributed by atoms with Crippen LogP contribution in [0, 0.1) is 0 Å². The number of hydrogen-bond acceptors (Lipinski definition) is 6. The normalized spacial score (nSPS) is 11.6. The molecule has 1 heterocycles. The van der Waals surface area contributed by atoms with Gasteiger partial charge in [0, 0.05) is 31.0 Å². The number of carbonyl (C=O) groups is 2. The van der Waals surface area contributed by atoms with Gasteiger partial charge in [0.25, 0.3) is 0 Å². The second-order valence-corrected chi connectivity index (χ2v) is 7.07. The second-order valence-electron chi connectivity index (χ2n) is 6.29. The van der Waals surface area contributed by atoms with E-state index in [9.17, 15) is 9.59 Å². The first kappa shape index (κ1) is 20.5. The van der Waals surface area contributed by atoms with Crippen LogP contribution in [0.2, 0.25) is 0 Å². The van der Waals surface area contributed by atoms with Crippen LogP contribution in [0.5, 0.6) is 5.75 Å². The Kier molecular flexibility index (Phi) is 6.91. The molecule has 0 spiro atoms.